The van der Waals surface area contributed by atoms with E-state index in [0.29, 0.717) is 33.2 Å². The lowest BCUT2D eigenvalue weighted by Crippen LogP contribution is -2.15. The smallest absolute Gasteiger partial charge is 0.341 e. The minimum atomic E-state index is -0.462. The highest BCUT2D eigenvalue weighted by molar-refractivity contribution is 7.16. The lowest BCUT2D eigenvalue weighted by atomic mass is 10.1. The normalized spacial score (nSPS) is 10.8. The maximum Gasteiger partial charge on any atom is 0.341 e. The van der Waals surface area contributed by atoms with Crippen LogP contribution < -0.4 is 5.32 Å². The predicted molar refractivity (Wildman–Crippen MR) is 107 cm³/mol. The first-order chi connectivity index (χ1) is 13.3. The number of hydrogen-bond donors (Lipinski definition) is 1. The van der Waals surface area contributed by atoms with Crippen LogP contribution in [0, 0.1) is 26.6 Å². The number of benzene rings is 1. The van der Waals surface area contributed by atoms with Gasteiger partial charge in [0.25, 0.3) is 5.91 Å². The Kier molecular flexibility index (Phi) is 5.65. The third-order valence-corrected chi connectivity index (χ3v) is 5.51. The summed E-state index contributed by atoms with van der Waals surface area (Å²) in [5.74, 6) is -0.303. The summed E-state index contributed by atoms with van der Waals surface area (Å²) in [5, 5.41) is 3.25. The van der Waals surface area contributed by atoms with E-state index in [4.69, 9.17) is 9.15 Å². The number of aryl methyl sites for hydroxylation is 2. The second-order valence-corrected chi connectivity index (χ2v) is 7.47. The van der Waals surface area contributed by atoms with E-state index in [2.05, 4.69) is 5.32 Å². The number of carbonyl (C=O) groups is 2. The number of hydrogen-bond acceptors (Lipinski definition) is 5. The molecule has 0 spiro atoms. The van der Waals surface area contributed by atoms with Crippen LogP contribution in [0.1, 0.15) is 43.8 Å². The highest BCUT2D eigenvalue weighted by Gasteiger charge is 2.24. The van der Waals surface area contributed by atoms with Crippen LogP contribution in [0.4, 0.5) is 9.39 Å². The molecule has 7 heteroatoms. The van der Waals surface area contributed by atoms with Gasteiger partial charge in [-0.1, -0.05) is 0 Å². The number of amides is 1. The number of nitrogens with one attached hydrogen (secondary N) is 1. The van der Waals surface area contributed by atoms with Gasteiger partial charge in [0.2, 0.25) is 0 Å². The number of esters is 1. The van der Waals surface area contributed by atoms with Crippen molar-refractivity contribution in [1.29, 1.82) is 0 Å². The first-order valence-electron chi connectivity index (χ1n) is 8.76. The summed E-state index contributed by atoms with van der Waals surface area (Å²) in [4.78, 5) is 26.0. The van der Waals surface area contributed by atoms with Crippen LogP contribution in [-0.4, -0.2) is 18.5 Å². The topological polar surface area (TPSA) is 68.5 Å². The highest BCUT2D eigenvalue weighted by atomic mass is 32.1. The molecule has 2 aromatic heterocycles. The maximum atomic E-state index is 13.1. The number of ether oxygens (including phenoxy) is 1. The van der Waals surface area contributed by atoms with Crippen LogP contribution >= 0.6 is 11.3 Å². The van der Waals surface area contributed by atoms with Gasteiger partial charge in [-0.05, 0) is 63.6 Å². The molecule has 0 bridgehead atoms. The Labute approximate surface area is 166 Å². The van der Waals surface area contributed by atoms with E-state index >= 15 is 0 Å². The Morgan fingerprint density at radius 3 is 2.50 bits per heavy atom. The molecular weight excluding hydrogens is 381 g/mol. The maximum absolute atomic E-state index is 13.1. The Morgan fingerprint density at radius 1 is 1.18 bits per heavy atom. The minimum Gasteiger partial charge on any atom is -0.462 e. The van der Waals surface area contributed by atoms with Crippen LogP contribution in [0.25, 0.3) is 11.3 Å². The van der Waals surface area contributed by atoms with E-state index in [0.717, 1.165) is 10.4 Å². The molecule has 3 aromatic rings. The summed E-state index contributed by atoms with van der Waals surface area (Å²) in [7, 11) is 0. The van der Waals surface area contributed by atoms with Crippen LogP contribution in [0.15, 0.2) is 34.7 Å². The number of furan rings is 1. The van der Waals surface area contributed by atoms with E-state index in [1.54, 1.807) is 32.0 Å². The Balaban J connectivity index is 1.89. The number of anilines is 1. The lowest BCUT2D eigenvalue weighted by molar-refractivity contribution is 0.0527. The summed E-state index contributed by atoms with van der Waals surface area (Å²) in [6, 6.07) is 7.43. The molecule has 1 aromatic carbocycles. The predicted octanol–water partition coefficient (Wildman–Crippen LogP) is 5.50. The largest absolute Gasteiger partial charge is 0.462 e. The number of halogens is 1. The molecule has 0 unspecified atom stereocenters. The minimum absolute atomic E-state index is 0.252. The van der Waals surface area contributed by atoms with Crippen molar-refractivity contribution in [2.24, 2.45) is 0 Å². The molecule has 0 aliphatic carbocycles. The summed E-state index contributed by atoms with van der Waals surface area (Å²) in [6.07, 6.45) is 0. The van der Waals surface area contributed by atoms with Gasteiger partial charge in [0.1, 0.15) is 22.3 Å². The van der Waals surface area contributed by atoms with Crippen molar-refractivity contribution >= 4 is 28.2 Å². The van der Waals surface area contributed by atoms with Crippen molar-refractivity contribution < 1.29 is 23.1 Å². The molecule has 2 heterocycles. The van der Waals surface area contributed by atoms with Crippen molar-refractivity contribution in [1.82, 2.24) is 0 Å². The van der Waals surface area contributed by atoms with Crippen LogP contribution in [0.2, 0.25) is 0 Å². The van der Waals surface area contributed by atoms with Gasteiger partial charge in [0.15, 0.2) is 0 Å². The molecule has 0 radical (unpaired) electrons. The lowest BCUT2D eigenvalue weighted by Gasteiger charge is -2.06. The van der Waals surface area contributed by atoms with Crippen molar-refractivity contribution in [3.05, 3.63) is 63.5 Å². The third-order valence-electron chi connectivity index (χ3n) is 4.38. The molecule has 28 heavy (non-hydrogen) atoms. The van der Waals surface area contributed by atoms with Gasteiger partial charge in [-0.15, -0.1) is 11.3 Å². The fourth-order valence-electron chi connectivity index (χ4n) is 2.80. The average molecular weight is 401 g/mol. The summed E-state index contributed by atoms with van der Waals surface area (Å²) < 4.78 is 23.9. The fourth-order valence-corrected chi connectivity index (χ4v) is 3.84. The monoisotopic (exact) mass is 401 g/mol. The summed E-state index contributed by atoms with van der Waals surface area (Å²) in [5.41, 5.74) is 2.17. The van der Waals surface area contributed by atoms with Crippen LogP contribution in [-0.2, 0) is 4.74 Å². The van der Waals surface area contributed by atoms with E-state index in [9.17, 15) is 14.0 Å². The average Bonchev–Trinajstić information content (AvgIpc) is 3.16. The Hall–Kier alpha value is -2.93. The number of rotatable bonds is 5. The molecule has 0 fully saturated rings. The third kappa shape index (κ3) is 3.84. The SMILES string of the molecule is CCOC(=O)c1c(NC(=O)c2cc(-c3ccc(F)cc3)oc2C)sc(C)c1C. The van der Waals surface area contributed by atoms with Gasteiger partial charge in [0.05, 0.1) is 17.7 Å². The molecule has 0 aliphatic heterocycles. The standard InChI is InChI=1S/C21H20FNO4S/c1-5-26-21(25)18-11(2)13(4)28-20(18)23-19(24)16-10-17(27-12(16)3)14-6-8-15(22)9-7-14/h6-10H,5H2,1-4H3,(H,23,24). The zero-order valence-electron chi connectivity index (χ0n) is 16.0. The van der Waals surface area contributed by atoms with E-state index in [-0.39, 0.29) is 18.3 Å². The van der Waals surface area contributed by atoms with Gasteiger partial charge in [-0.25, -0.2) is 9.18 Å². The van der Waals surface area contributed by atoms with E-state index in [1.807, 2.05) is 13.8 Å². The van der Waals surface area contributed by atoms with Crippen LogP contribution in [0.3, 0.4) is 0 Å². The van der Waals surface area contributed by atoms with Crippen molar-refractivity contribution in [3.63, 3.8) is 0 Å². The molecule has 0 saturated carbocycles. The van der Waals surface area contributed by atoms with E-state index in [1.165, 1.54) is 23.5 Å². The Bertz CT molecular complexity index is 1030. The molecule has 3 rings (SSSR count). The molecule has 0 atom stereocenters. The molecule has 0 saturated heterocycles. The van der Waals surface area contributed by atoms with Crippen molar-refractivity contribution in [2.75, 3.05) is 11.9 Å². The first kappa shape index (κ1) is 19.8. The molecule has 1 amide bonds. The molecule has 146 valence electrons. The highest BCUT2D eigenvalue weighted by Crippen LogP contribution is 2.34. The van der Waals surface area contributed by atoms with Gasteiger partial charge < -0.3 is 14.5 Å². The summed E-state index contributed by atoms with van der Waals surface area (Å²) >= 11 is 1.32. The number of carbonyl (C=O) groups excluding carboxylic acids is 2. The zero-order valence-corrected chi connectivity index (χ0v) is 16.8. The zero-order chi connectivity index (χ0) is 20.4. The van der Waals surface area contributed by atoms with Gasteiger partial charge in [-0.3, -0.25) is 4.79 Å². The molecule has 0 aliphatic rings. The van der Waals surface area contributed by atoms with E-state index < -0.39 is 5.97 Å². The second kappa shape index (κ2) is 7.98. The molecular formula is C21H20FNO4S. The first-order valence-corrected chi connectivity index (χ1v) is 9.58. The van der Waals surface area contributed by atoms with Crippen LogP contribution in [0.5, 0.6) is 0 Å². The second-order valence-electron chi connectivity index (χ2n) is 6.25. The summed E-state index contributed by atoms with van der Waals surface area (Å²) in [6.45, 7) is 7.37. The molecule has 5 nitrogen and oxygen atoms in total. The fraction of sp³-hybridized carbons (Fsp3) is 0.238. The number of thiophene rings is 1. The van der Waals surface area contributed by atoms with Gasteiger partial charge >= 0.3 is 5.97 Å². The molecule has 1 N–H and O–H groups in total. The van der Waals surface area contributed by atoms with Crippen molar-refractivity contribution in [3.8, 4) is 11.3 Å². The van der Waals surface area contributed by atoms with Gasteiger partial charge in [0, 0.05) is 10.4 Å². The van der Waals surface area contributed by atoms with Gasteiger partial charge in [-0.2, -0.15) is 0 Å². The Morgan fingerprint density at radius 2 is 1.86 bits per heavy atom. The van der Waals surface area contributed by atoms with Crippen molar-refractivity contribution in [2.45, 2.75) is 27.7 Å². The quantitative estimate of drug-likeness (QED) is 0.573.